The van der Waals surface area contributed by atoms with E-state index in [0.717, 1.165) is 35.1 Å². The first kappa shape index (κ1) is 20.0. The van der Waals surface area contributed by atoms with Crippen LogP contribution in [0.15, 0.2) is 91.0 Å². The Labute approximate surface area is 195 Å². The molecule has 1 aromatic heterocycles. The van der Waals surface area contributed by atoms with E-state index < -0.39 is 0 Å². The van der Waals surface area contributed by atoms with Crippen LogP contribution in [0.5, 0.6) is 5.75 Å². The summed E-state index contributed by atoms with van der Waals surface area (Å²) in [6, 6.07) is 31.1. The summed E-state index contributed by atoms with van der Waals surface area (Å²) in [4.78, 5) is 14.5. The second kappa shape index (κ2) is 8.05. The number of ether oxygens (including phenoxy) is 2. The van der Waals surface area contributed by atoms with E-state index in [2.05, 4.69) is 54.6 Å². The lowest BCUT2D eigenvalue weighted by molar-refractivity contribution is 0.0301. The van der Waals surface area contributed by atoms with E-state index in [4.69, 9.17) is 9.47 Å². The molecule has 2 unspecified atom stereocenters. The van der Waals surface area contributed by atoms with Crippen molar-refractivity contribution in [1.82, 2.24) is 0 Å². The third kappa shape index (κ3) is 3.30. The van der Waals surface area contributed by atoms with Gasteiger partial charge in [-0.1, -0.05) is 42.5 Å². The summed E-state index contributed by atoms with van der Waals surface area (Å²) >= 11 is 0. The van der Waals surface area contributed by atoms with Crippen LogP contribution in [0.4, 0.5) is 0 Å². The van der Waals surface area contributed by atoms with Crippen LogP contribution in [0.25, 0.3) is 25.1 Å². The van der Waals surface area contributed by atoms with E-state index in [1.165, 1.54) is 19.7 Å². The molecule has 0 saturated carbocycles. The fraction of sp³-hybridized carbons (Fsp3) is 0.138. The number of esters is 1. The van der Waals surface area contributed by atoms with Crippen molar-refractivity contribution in [3.05, 3.63) is 108 Å². The molecule has 0 radical (unpaired) electrons. The molecule has 162 valence electrons. The van der Waals surface area contributed by atoms with Gasteiger partial charge in [0.15, 0.2) is 14.3 Å². The molecular weight excluding hydrogens is 428 g/mol. The maximum atomic E-state index is 13.2. The van der Waals surface area contributed by atoms with E-state index >= 15 is 0 Å². The number of carbonyl (C=O) groups excluding carboxylic acids is 1. The summed E-state index contributed by atoms with van der Waals surface area (Å²) in [5.74, 6) is 0.593. The number of benzene rings is 4. The number of thiophene rings is 1. The maximum Gasteiger partial charge on any atom is 0.338 e. The Bertz CT molecular complexity index is 1500. The summed E-state index contributed by atoms with van der Waals surface area (Å²) in [6.07, 6.45) is 1.41. The maximum absolute atomic E-state index is 13.2. The van der Waals surface area contributed by atoms with Crippen molar-refractivity contribution in [1.29, 1.82) is 0 Å². The van der Waals surface area contributed by atoms with Crippen molar-refractivity contribution >= 4 is 36.6 Å². The molecule has 1 aliphatic carbocycles. The van der Waals surface area contributed by atoms with E-state index in [-0.39, 0.29) is 22.5 Å². The molecule has 1 aliphatic rings. The molecule has 33 heavy (non-hydrogen) atoms. The van der Waals surface area contributed by atoms with Crippen molar-refractivity contribution < 1.29 is 14.3 Å². The predicted molar refractivity (Wildman–Crippen MR) is 135 cm³/mol. The lowest BCUT2D eigenvalue weighted by Crippen LogP contribution is -2.09. The number of methoxy groups -OCH3 is 1. The summed E-state index contributed by atoms with van der Waals surface area (Å²) in [5, 5.41) is 2.33. The van der Waals surface area contributed by atoms with Gasteiger partial charge >= 0.3 is 5.97 Å². The van der Waals surface area contributed by atoms with Crippen LogP contribution >= 0.6 is 10.5 Å². The topological polar surface area (TPSA) is 35.5 Å². The van der Waals surface area contributed by atoms with Crippen LogP contribution in [-0.4, -0.2) is 13.1 Å². The fourth-order valence-corrected chi connectivity index (χ4v) is 7.31. The molecule has 0 bridgehead atoms. The van der Waals surface area contributed by atoms with E-state index in [9.17, 15) is 4.79 Å². The Morgan fingerprint density at radius 1 is 0.848 bits per heavy atom. The van der Waals surface area contributed by atoms with Crippen molar-refractivity contribution in [3.8, 4) is 10.6 Å². The molecule has 4 aromatic carbocycles. The minimum Gasteiger partial charge on any atom is -0.496 e. The first-order chi connectivity index (χ1) is 16.2. The van der Waals surface area contributed by atoms with Crippen LogP contribution in [0.2, 0.25) is 0 Å². The van der Waals surface area contributed by atoms with E-state index in [1.807, 2.05) is 36.4 Å². The molecule has 0 aliphatic heterocycles. The Kier molecular flexibility index (Phi) is 4.88. The summed E-state index contributed by atoms with van der Waals surface area (Å²) in [6.45, 7) is 0. The average molecular weight is 452 g/mol. The summed E-state index contributed by atoms with van der Waals surface area (Å²) in [5.41, 5.74) is 2.80. The zero-order valence-corrected chi connectivity index (χ0v) is 19.1. The molecule has 1 heterocycles. The first-order valence-corrected chi connectivity index (χ1v) is 12.4. The van der Waals surface area contributed by atoms with Gasteiger partial charge in [-0.05, 0) is 66.9 Å². The standard InChI is InChI=1S/C29H23O3S/c1-31-25-12-7-11-21-22(25)15-16-26(21)32-29(30)19-14-17-28-24(18-19)23-10-5-6-13-27(23)33(28)20-8-3-2-4-9-20/h2-14,17-18,26H,15-16H2,1H3/q+1. The number of hydrogen-bond acceptors (Lipinski definition) is 3. The van der Waals surface area contributed by atoms with Crippen molar-refractivity contribution in [3.63, 3.8) is 0 Å². The molecule has 2 atom stereocenters. The van der Waals surface area contributed by atoms with Gasteiger partial charge in [-0.3, -0.25) is 0 Å². The van der Waals surface area contributed by atoms with Gasteiger partial charge in [0.25, 0.3) is 0 Å². The molecule has 0 fully saturated rings. The van der Waals surface area contributed by atoms with Crippen molar-refractivity contribution in [2.45, 2.75) is 18.9 Å². The number of fused-ring (bicyclic) bond motifs is 4. The van der Waals surface area contributed by atoms with Gasteiger partial charge in [-0.2, -0.15) is 0 Å². The van der Waals surface area contributed by atoms with Gasteiger partial charge in [0.2, 0.25) is 0 Å². The fourth-order valence-electron chi connectivity index (χ4n) is 4.94. The number of carbonyl (C=O) groups is 1. The van der Waals surface area contributed by atoms with Crippen LogP contribution < -0.4 is 4.74 Å². The highest BCUT2D eigenvalue weighted by Crippen LogP contribution is 2.48. The van der Waals surface area contributed by atoms with Crippen molar-refractivity contribution in [2.75, 3.05) is 7.11 Å². The lowest BCUT2D eigenvalue weighted by atomic mass is 10.1. The summed E-state index contributed by atoms with van der Waals surface area (Å²) in [7, 11) is 1.52. The molecule has 3 nitrogen and oxygen atoms in total. The van der Waals surface area contributed by atoms with Gasteiger partial charge in [0.05, 0.1) is 12.7 Å². The van der Waals surface area contributed by atoms with E-state index in [1.54, 1.807) is 7.11 Å². The number of rotatable bonds is 4. The quantitative estimate of drug-likeness (QED) is 0.209. The molecule has 0 amide bonds. The van der Waals surface area contributed by atoms with Crippen LogP contribution in [0.1, 0.15) is 34.0 Å². The van der Waals surface area contributed by atoms with E-state index in [0.29, 0.717) is 5.56 Å². The first-order valence-electron chi connectivity index (χ1n) is 11.1. The highest BCUT2D eigenvalue weighted by atomic mass is 32.2. The Hall–Kier alpha value is -3.63. The largest absolute Gasteiger partial charge is 0.496 e. The number of hydrogen-bond donors (Lipinski definition) is 0. The normalized spacial score (nSPS) is 15.5. The van der Waals surface area contributed by atoms with Crippen LogP contribution in [-0.2, 0) is 11.2 Å². The SMILES string of the molecule is COc1cccc2c1CCC2OC(=O)c1ccc2c(c1)c1ccccc1[s+]2-c1ccccc1. The molecule has 5 aromatic rings. The molecular formula is C29H23O3S+. The predicted octanol–water partition coefficient (Wildman–Crippen LogP) is 7.58. The highest BCUT2D eigenvalue weighted by molar-refractivity contribution is 7.50. The average Bonchev–Trinajstić information content (AvgIpc) is 3.43. The second-order valence-electron chi connectivity index (χ2n) is 8.29. The smallest absolute Gasteiger partial charge is 0.338 e. The van der Waals surface area contributed by atoms with Gasteiger partial charge in [0, 0.05) is 26.8 Å². The molecule has 4 heteroatoms. The summed E-state index contributed by atoms with van der Waals surface area (Å²) < 4.78 is 14.0. The lowest BCUT2D eigenvalue weighted by Gasteiger charge is -2.14. The molecule has 0 saturated heterocycles. The Balaban J connectivity index is 1.39. The van der Waals surface area contributed by atoms with Gasteiger partial charge in [0.1, 0.15) is 11.9 Å². The van der Waals surface area contributed by atoms with Crippen molar-refractivity contribution in [2.24, 2.45) is 0 Å². The van der Waals surface area contributed by atoms with Crippen LogP contribution in [0, 0.1) is 0 Å². The molecule has 0 N–H and O–H groups in total. The zero-order valence-electron chi connectivity index (χ0n) is 18.3. The molecule has 6 rings (SSSR count). The Morgan fingerprint density at radius 2 is 1.64 bits per heavy atom. The minimum absolute atomic E-state index is 0.166. The zero-order chi connectivity index (χ0) is 22.4. The van der Waals surface area contributed by atoms with Crippen LogP contribution in [0.3, 0.4) is 0 Å². The monoisotopic (exact) mass is 451 g/mol. The third-order valence-electron chi connectivity index (χ3n) is 6.45. The minimum atomic E-state index is -0.276. The van der Waals surface area contributed by atoms with Gasteiger partial charge < -0.3 is 9.47 Å². The van der Waals surface area contributed by atoms with Gasteiger partial charge in [-0.25, -0.2) is 4.79 Å². The molecule has 0 spiro atoms. The Morgan fingerprint density at radius 3 is 2.48 bits per heavy atom. The van der Waals surface area contributed by atoms with Gasteiger partial charge in [-0.15, -0.1) is 0 Å². The third-order valence-corrected chi connectivity index (χ3v) is 8.79. The highest BCUT2D eigenvalue weighted by Gasteiger charge is 2.29. The second-order valence-corrected chi connectivity index (χ2v) is 10.3.